The maximum atomic E-state index is 12.8. The van der Waals surface area contributed by atoms with Gasteiger partial charge in [-0.25, -0.2) is 0 Å². The van der Waals surface area contributed by atoms with E-state index < -0.39 is 23.7 Å². The standard InChI is InChI=1S/C16H17F3N2OS/c1-2-10-5-3-4-6-11(10)14(20)7-21-15(22)12-8-23-9-13(12)16(17,18)19/h3-6,8-9,14H,2,7,20H2,1H3,(H,21,22). The van der Waals surface area contributed by atoms with Gasteiger partial charge in [0, 0.05) is 23.3 Å². The molecule has 1 heterocycles. The zero-order valence-electron chi connectivity index (χ0n) is 12.5. The minimum Gasteiger partial charge on any atom is -0.350 e. The number of aryl methyl sites for hydroxylation is 1. The van der Waals surface area contributed by atoms with Crippen molar-refractivity contribution in [2.45, 2.75) is 25.6 Å². The Balaban J connectivity index is 2.06. The van der Waals surface area contributed by atoms with E-state index >= 15 is 0 Å². The number of nitrogens with one attached hydrogen (secondary N) is 1. The summed E-state index contributed by atoms with van der Waals surface area (Å²) in [6, 6.07) is 7.08. The molecule has 124 valence electrons. The molecule has 1 atom stereocenters. The lowest BCUT2D eigenvalue weighted by Gasteiger charge is -2.17. The summed E-state index contributed by atoms with van der Waals surface area (Å²) in [6.45, 7) is 2.06. The van der Waals surface area contributed by atoms with E-state index in [2.05, 4.69) is 5.32 Å². The molecule has 1 aromatic heterocycles. The molecule has 3 N–H and O–H groups in total. The third kappa shape index (κ3) is 4.11. The summed E-state index contributed by atoms with van der Waals surface area (Å²) in [5.41, 5.74) is 6.73. The summed E-state index contributed by atoms with van der Waals surface area (Å²) in [4.78, 5) is 12.0. The van der Waals surface area contributed by atoms with Crippen LogP contribution in [0.5, 0.6) is 0 Å². The number of thiophene rings is 1. The second-order valence-corrected chi connectivity index (χ2v) is 5.81. The highest BCUT2D eigenvalue weighted by Gasteiger charge is 2.36. The van der Waals surface area contributed by atoms with E-state index in [-0.39, 0.29) is 12.1 Å². The van der Waals surface area contributed by atoms with Crippen LogP contribution < -0.4 is 11.1 Å². The monoisotopic (exact) mass is 342 g/mol. The van der Waals surface area contributed by atoms with Gasteiger partial charge in [0.05, 0.1) is 11.1 Å². The summed E-state index contributed by atoms with van der Waals surface area (Å²) in [5, 5.41) is 4.62. The Bertz CT molecular complexity index is 682. The molecule has 7 heteroatoms. The minimum atomic E-state index is -4.54. The first-order valence-electron chi connectivity index (χ1n) is 7.09. The van der Waals surface area contributed by atoms with Gasteiger partial charge < -0.3 is 11.1 Å². The quantitative estimate of drug-likeness (QED) is 0.869. The Morgan fingerprint density at radius 1 is 1.30 bits per heavy atom. The maximum absolute atomic E-state index is 12.8. The molecule has 0 bridgehead atoms. The van der Waals surface area contributed by atoms with Crippen molar-refractivity contribution in [3.05, 3.63) is 57.3 Å². The number of benzene rings is 1. The van der Waals surface area contributed by atoms with Gasteiger partial charge in [0.2, 0.25) is 0 Å². The maximum Gasteiger partial charge on any atom is 0.417 e. The van der Waals surface area contributed by atoms with E-state index in [9.17, 15) is 18.0 Å². The summed E-state index contributed by atoms with van der Waals surface area (Å²) in [5.74, 6) is -0.761. The van der Waals surface area contributed by atoms with Crippen LogP contribution in [0.4, 0.5) is 13.2 Å². The molecule has 0 saturated heterocycles. The largest absolute Gasteiger partial charge is 0.417 e. The first-order valence-corrected chi connectivity index (χ1v) is 8.03. The van der Waals surface area contributed by atoms with Crippen molar-refractivity contribution < 1.29 is 18.0 Å². The molecule has 23 heavy (non-hydrogen) atoms. The van der Waals surface area contributed by atoms with Crippen LogP contribution >= 0.6 is 11.3 Å². The number of amides is 1. The summed E-state index contributed by atoms with van der Waals surface area (Å²) in [7, 11) is 0. The molecule has 0 fully saturated rings. The Kier molecular flexibility index (Phi) is 5.43. The average Bonchev–Trinajstić information content (AvgIpc) is 3.02. The van der Waals surface area contributed by atoms with Gasteiger partial charge in [-0.15, -0.1) is 0 Å². The highest BCUT2D eigenvalue weighted by atomic mass is 32.1. The van der Waals surface area contributed by atoms with Crippen LogP contribution in [0.3, 0.4) is 0 Å². The highest BCUT2D eigenvalue weighted by Crippen LogP contribution is 2.34. The lowest BCUT2D eigenvalue weighted by molar-refractivity contribution is -0.137. The fourth-order valence-corrected chi connectivity index (χ4v) is 3.15. The van der Waals surface area contributed by atoms with Crippen LogP contribution in [0.25, 0.3) is 0 Å². The lowest BCUT2D eigenvalue weighted by atomic mass is 9.99. The summed E-state index contributed by atoms with van der Waals surface area (Å²) in [6.07, 6.45) is -3.75. The first kappa shape index (κ1) is 17.5. The van der Waals surface area contributed by atoms with E-state index in [4.69, 9.17) is 5.73 Å². The van der Waals surface area contributed by atoms with Crippen molar-refractivity contribution >= 4 is 17.2 Å². The van der Waals surface area contributed by atoms with Gasteiger partial charge >= 0.3 is 6.18 Å². The number of hydrogen-bond acceptors (Lipinski definition) is 3. The van der Waals surface area contributed by atoms with E-state index in [1.165, 1.54) is 5.38 Å². The zero-order chi connectivity index (χ0) is 17.0. The Morgan fingerprint density at radius 3 is 2.65 bits per heavy atom. The SMILES string of the molecule is CCc1ccccc1C(N)CNC(=O)c1cscc1C(F)(F)F. The minimum absolute atomic E-state index is 0.0724. The molecule has 0 aliphatic heterocycles. The third-order valence-corrected chi connectivity index (χ3v) is 4.27. The van der Waals surface area contributed by atoms with E-state index in [0.29, 0.717) is 0 Å². The summed E-state index contributed by atoms with van der Waals surface area (Å²) >= 11 is 0.846. The van der Waals surface area contributed by atoms with E-state index in [1.54, 1.807) is 0 Å². The Morgan fingerprint density at radius 2 is 2.00 bits per heavy atom. The molecule has 0 spiro atoms. The number of carbonyl (C=O) groups is 1. The predicted octanol–water partition coefficient (Wildman–Crippen LogP) is 3.76. The molecule has 2 rings (SSSR count). The third-order valence-electron chi connectivity index (χ3n) is 3.53. The summed E-state index contributed by atoms with van der Waals surface area (Å²) < 4.78 is 38.4. The number of halogens is 3. The van der Waals surface area contributed by atoms with Gasteiger partial charge in [-0.2, -0.15) is 24.5 Å². The van der Waals surface area contributed by atoms with Crippen molar-refractivity contribution in [2.75, 3.05) is 6.54 Å². The number of nitrogens with two attached hydrogens (primary N) is 1. The van der Waals surface area contributed by atoms with E-state index in [0.717, 1.165) is 34.3 Å². The number of rotatable bonds is 5. The molecule has 1 unspecified atom stereocenters. The van der Waals surface area contributed by atoms with E-state index in [1.807, 2.05) is 31.2 Å². The van der Waals surface area contributed by atoms with Crippen LogP contribution in [0.2, 0.25) is 0 Å². The predicted molar refractivity (Wildman–Crippen MR) is 84.4 cm³/mol. The fraction of sp³-hybridized carbons (Fsp3) is 0.312. The van der Waals surface area contributed by atoms with Crippen LogP contribution in [0, 0.1) is 0 Å². The van der Waals surface area contributed by atoms with Gasteiger partial charge in [0.1, 0.15) is 0 Å². The molecular weight excluding hydrogens is 325 g/mol. The van der Waals surface area contributed by atoms with Crippen LogP contribution in [0.1, 0.15) is 40.0 Å². The molecule has 1 aromatic carbocycles. The molecule has 0 radical (unpaired) electrons. The van der Waals surface area contributed by atoms with Gasteiger partial charge in [0.25, 0.3) is 5.91 Å². The Hall–Kier alpha value is -1.86. The second-order valence-electron chi connectivity index (χ2n) is 5.07. The highest BCUT2D eigenvalue weighted by molar-refractivity contribution is 7.08. The molecule has 0 aliphatic rings. The van der Waals surface area contributed by atoms with Crippen LogP contribution in [-0.2, 0) is 12.6 Å². The normalized spacial score (nSPS) is 12.9. The number of hydrogen-bond donors (Lipinski definition) is 2. The van der Waals surface area contributed by atoms with Crippen molar-refractivity contribution in [1.29, 1.82) is 0 Å². The van der Waals surface area contributed by atoms with Crippen molar-refractivity contribution in [3.63, 3.8) is 0 Å². The smallest absolute Gasteiger partial charge is 0.350 e. The van der Waals surface area contributed by atoms with Gasteiger partial charge in [-0.05, 0) is 17.5 Å². The lowest BCUT2D eigenvalue weighted by Crippen LogP contribution is -2.33. The van der Waals surface area contributed by atoms with Crippen LogP contribution in [-0.4, -0.2) is 12.5 Å². The van der Waals surface area contributed by atoms with Crippen molar-refractivity contribution in [3.8, 4) is 0 Å². The first-order chi connectivity index (χ1) is 10.8. The molecule has 1 amide bonds. The Labute approximate surface area is 136 Å². The molecule has 3 nitrogen and oxygen atoms in total. The van der Waals surface area contributed by atoms with Crippen LogP contribution in [0.15, 0.2) is 35.0 Å². The van der Waals surface area contributed by atoms with Crippen molar-refractivity contribution in [2.24, 2.45) is 5.73 Å². The average molecular weight is 342 g/mol. The molecular formula is C16H17F3N2OS. The van der Waals surface area contributed by atoms with Crippen molar-refractivity contribution in [1.82, 2.24) is 5.32 Å². The van der Waals surface area contributed by atoms with Gasteiger partial charge in [-0.3, -0.25) is 4.79 Å². The van der Waals surface area contributed by atoms with Gasteiger partial charge in [-0.1, -0.05) is 31.2 Å². The molecule has 0 saturated carbocycles. The topological polar surface area (TPSA) is 55.1 Å². The number of alkyl halides is 3. The van der Waals surface area contributed by atoms with Gasteiger partial charge in [0.15, 0.2) is 0 Å². The second kappa shape index (κ2) is 7.14. The fourth-order valence-electron chi connectivity index (χ4n) is 2.32. The zero-order valence-corrected chi connectivity index (χ0v) is 13.3. The number of carbonyl (C=O) groups excluding carboxylic acids is 1. The molecule has 2 aromatic rings. The molecule has 0 aliphatic carbocycles.